The van der Waals surface area contributed by atoms with Crippen molar-refractivity contribution >= 4 is 5.97 Å². The third kappa shape index (κ3) is 2.09. The summed E-state index contributed by atoms with van der Waals surface area (Å²) in [5.74, 6) is -1.71. The van der Waals surface area contributed by atoms with Crippen LogP contribution in [0.1, 0.15) is 20.8 Å². The highest BCUT2D eigenvalue weighted by Crippen LogP contribution is 2.11. The Labute approximate surface area is 60.0 Å². The summed E-state index contributed by atoms with van der Waals surface area (Å²) >= 11 is 0. The topological polar surface area (TPSA) is 57.5 Å². The van der Waals surface area contributed by atoms with Crippen molar-refractivity contribution in [3.05, 3.63) is 11.3 Å². The number of carbonyl (C=O) groups is 1. The third-order valence-electron chi connectivity index (χ3n) is 1.44. The molecule has 3 heteroatoms. The second kappa shape index (κ2) is 3.25. The minimum Gasteiger partial charge on any atom is -0.502 e. The van der Waals surface area contributed by atoms with E-state index in [2.05, 4.69) is 0 Å². The molecule has 3 nitrogen and oxygen atoms in total. The van der Waals surface area contributed by atoms with Crippen LogP contribution in [0.3, 0.4) is 0 Å². The average Bonchev–Trinajstić information content (AvgIpc) is 1.84. The summed E-state index contributed by atoms with van der Waals surface area (Å²) in [6.07, 6.45) is 0. The van der Waals surface area contributed by atoms with Gasteiger partial charge in [-0.15, -0.1) is 0 Å². The van der Waals surface area contributed by atoms with Crippen LogP contribution in [-0.2, 0) is 4.79 Å². The Balaban J connectivity index is 4.50. The number of rotatable bonds is 2. The van der Waals surface area contributed by atoms with Gasteiger partial charge in [-0.05, 0) is 18.4 Å². The van der Waals surface area contributed by atoms with Gasteiger partial charge >= 0.3 is 5.97 Å². The predicted molar refractivity (Wildman–Crippen MR) is 37.8 cm³/mol. The fraction of sp³-hybridized carbons (Fsp3) is 0.571. The molecule has 0 aromatic rings. The number of carboxylic acids is 1. The summed E-state index contributed by atoms with van der Waals surface area (Å²) in [7, 11) is 0. The lowest BCUT2D eigenvalue weighted by Gasteiger charge is -2.04. The first kappa shape index (κ1) is 9.01. The summed E-state index contributed by atoms with van der Waals surface area (Å²) in [4.78, 5) is 10.1. The molecule has 0 unspecified atom stereocenters. The van der Waals surface area contributed by atoms with Crippen molar-refractivity contribution in [2.45, 2.75) is 20.8 Å². The zero-order valence-corrected chi connectivity index (χ0v) is 6.38. The summed E-state index contributed by atoms with van der Waals surface area (Å²) < 4.78 is 0. The summed E-state index contributed by atoms with van der Waals surface area (Å²) in [6, 6.07) is 0. The number of aliphatic carboxylic acids is 1. The Morgan fingerprint density at radius 2 is 1.70 bits per heavy atom. The van der Waals surface area contributed by atoms with Gasteiger partial charge in [-0.2, -0.15) is 0 Å². The Hall–Kier alpha value is -0.990. The van der Waals surface area contributed by atoms with Gasteiger partial charge in [-0.1, -0.05) is 13.8 Å². The van der Waals surface area contributed by atoms with Crippen molar-refractivity contribution in [3.63, 3.8) is 0 Å². The van der Waals surface area contributed by atoms with Gasteiger partial charge < -0.3 is 10.2 Å². The molecule has 0 aromatic carbocycles. The van der Waals surface area contributed by atoms with E-state index in [1.54, 1.807) is 6.92 Å². The van der Waals surface area contributed by atoms with E-state index >= 15 is 0 Å². The molecule has 0 aliphatic rings. The van der Waals surface area contributed by atoms with Gasteiger partial charge in [0.15, 0.2) is 0 Å². The molecule has 0 saturated heterocycles. The standard InChI is InChI=1S/C7H12O3/c1-4(2)5(3)6(8)7(9)10/h4,8H,1-3H3,(H,9,10). The monoisotopic (exact) mass is 144 g/mol. The molecule has 0 saturated carbocycles. The van der Waals surface area contributed by atoms with Crippen LogP contribution in [0.25, 0.3) is 0 Å². The number of aliphatic hydroxyl groups excluding tert-OH is 1. The van der Waals surface area contributed by atoms with Gasteiger partial charge in [0.2, 0.25) is 5.76 Å². The van der Waals surface area contributed by atoms with E-state index in [4.69, 9.17) is 10.2 Å². The normalized spacial score (nSPS) is 13.2. The Bertz CT molecular complexity index is 168. The molecule has 0 atom stereocenters. The van der Waals surface area contributed by atoms with Crippen LogP contribution in [-0.4, -0.2) is 16.2 Å². The first-order chi connectivity index (χ1) is 4.46. The molecule has 2 N–H and O–H groups in total. The zero-order chi connectivity index (χ0) is 8.31. The van der Waals surface area contributed by atoms with Gasteiger partial charge in [0.1, 0.15) is 0 Å². The Morgan fingerprint density at radius 3 is 1.80 bits per heavy atom. The van der Waals surface area contributed by atoms with E-state index in [0.29, 0.717) is 5.57 Å². The molecule has 0 spiro atoms. The van der Waals surface area contributed by atoms with Crippen molar-refractivity contribution < 1.29 is 15.0 Å². The van der Waals surface area contributed by atoms with Crippen molar-refractivity contribution in [2.24, 2.45) is 5.92 Å². The molecule has 0 aliphatic heterocycles. The summed E-state index contributed by atoms with van der Waals surface area (Å²) in [6.45, 7) is 5.26. The summed E-state index contributed by atoms with van der Waals surface area (Å²) in [5.41, 5.74) is 0.507. The minimum absolute atomic E-state index is 0.0797. The minimum atomic E-state index is -1.26. The number of hydrogen-bond donors (Lipinski definition) is 2. The highest BCUT2D eigenvalue weighted by Gasteiger charge is 2.10. The maximum atomic E-state index is 10.1. The van der Waals surface area contributed by atoms with Crippen molar-refractivity contribution in [2.75, 3.05) is 0 Å². The first-order valence-corrected chi connectivity index (χ1v) is 3.09. The molecule has 0 radical (unpaired) electrons. The smallest absolute Gasteiger partial charge is 0.370 e. The van der Waals surface area contributed by atoms with E-state index in [0.717, 1.165) is 0 Å². The average molecular weight is 144 g/mol. The fourth-order valence-electron chi connectivity index (χ4n) is 0.442. The molecule has 58 valence electrons. The number of aliphatic hydroxyl groups is 1. The molecule has 0 aromatic heterocycles. The molecule has 0 heterocycles. The first-order valence-electron chi connectivity index (χ1n) is 3.09. The van der Waals surface area contributed by atoms with E-state index in [1.165, 1.54) is 0 Å². The van der Waals surface area contributed by atoms with E-state index in [9.17, 15) is 4.79 Å². The molecule has 0 bridgehead atoms. The molecular formula is C7H12O3. The van der Waals surface area contributed by atoms with Gasteiger partial charge in [-0.25, -0.2) is 4.79 Å². The molecule has 0 fully saturated rings. The van der Waals surface area contributed by atoms with Crippen LogP contribution in [0, 0.1) is 5.92 Å². The Morgan fingerprint density at radius 1 is 1.30 bits per heavy atom. The lowest BCUT2D eigenvalue weighted by molar-refractivity contribution is -0.135. The largest absolute Gasteiger partial charge is 0.502 e. The highest BCUT2D eigenvalue weighted by molar-refractivity contribution is 5.84. The lowest BCUT2D eigenvalue weighted by atomic mass is 10.0. The second-order valence-corrected chi connectivity index (χ2v) is 2.49. The van der Waals surface area contributed by atoms with Crippen LogP contribution in [0.2, 0.25) is 0 Å². The van der Waals surface area contributed by atoms with Gasteiger partial charge in [0, 0.05) is 0 Å². The van der Waals surface area contributed by atoms with Crippen LogP contribution < -0.4 is 0 Å². The van der Waals surface area contributed by atoms with Gasteiger partial charge in [0.25, 0.3) is 0 Å². The second-order valence-electron chi connectivity index (χ2n) is 2.49. The van der Waals surface area contributed by atoms with Crippen molar-refractivity contribution in [3.8, 4) is 0 Å². The van der Waals surface area contributed by atoms with Crippen LogP contribution >= 0.6 is 0 Å². The van der Waals surface area contributed by atoms with E-state index in [1.807, 2.05) is 13.8 Å². The molecule has 10 heavy (non-hydrogen) atoms. The number of allylic oxidation sites excluding steroid dienone is 1. The van der Waals surface area contributed by atoms with E-state index in [-0.39, 0.29) is 5.92 Å². The maximum Gasteiger partial charge on any atom is 0.370 e. The predicted octanol–water partition coefficient (Wildman–Crippen LogP) is 1.56. The van der Waals surface area contributed by atoms with Crippen LogP contribution in [0.5, 0.6) is 0 Å². The number of hydrogen-bond acceptors (Lipinski definition) is 2. The fourth-order valence-corrected chi connectivity index (χ4v) is 0.442. The molecule has 0 amide bonds. The van der Waals surface area contributed by atoms with Gasteiger partial charge in [-0.3, -0.25) is 0 Å². The zero-order valence-electron chi connectivity index (χ0n) is 6.38. The van der Waals surface area contributed by atoms with Crippen molar-refractivity contribution in [1.82, 2.24) is 0 Å². The summed E-state index contributed by atoms with van der Waals surface area (Å²) in [5, 5.41) is 17.1. The Kier molecular flexibility index (Phi) is 2.93. The third-order valence-corrected chi connectivity index (χ3v) is 1.44. The van der Waals surface area contributed by atoms with Crippen LogP contribution in [0.15, 0.2) is 11.3 Å². The van der Waals surface area contributed by atoms with E-state index < -0.39 is 11.7 Å². The molecular weight excluding hydrogens is 132 g/mol. The molecule has 0 aliphatic carbocycles. The maximum absolute atomic E-state index is 10.1. The van der Waals surface area contributed by atoms with Crippen LogP contribution in [0.4, 0.5) is 0 Å². The van der Waals surface area contributed by atoms with Gasteiger partial charge in [0.05, 0.1) is 0 Å². The lowest BCUT2D eigenvalue weighted by Crippen LogP contribution is -2.05. The highest BCUT2D eigenvalue weighted by atomic mass is 16.4. The SMILES string of the molecule is CC(=C(O)C(=O)O)C(C)C. The quantitative estimate of drug-likeness (QED) is 0.456. The molecule has 0 rings (SSSR count). The number of carboxylic acid groups (broad SMARTS) is 1. The van der Waals surface area contributed by atoms with Crippen molar-refractivity contribution in [1.29, 1.82) is 0 Å².